The summed E-state index contributed by atoms with van der Waals surface area (Å²) in [6.45, 7) is 2.10. The summed E-state index contributed by atoms with van der Waals surface area (Å²) in [5, 5.41) is 2.77. The lowest BCUT2D eigenvalue weighted by molar-refractivity contribution is -0.116. The van der Waals surface area contributed by atoms with E-state index in [1.807, 2.05) is 38.1 Å². The SMILES string of the molecule is Cc1ccc2c(c1)C(=O)N(CCCC(=O)Nc1ccc(N(C)C)nc1)C2=O. The molecule has 0 radical (unpaired) electrons. The number of carbonyl (C=O) groups is 3. The molecule has 0 atom stereocenters. The van der Waals surface area contributed by atoms with Crippen molar-refractivity contribution in [1.29, 1.82) is 0 Å². The molecule has 1 aliphatic rings. The maximum atomic E-state index is 12.4. The minimum absolute atomic E-state index is 0.179. The predicted molar refractivity (Wildman–Crippen MR) is 103 cm³/mol. The lowest BCUT2D eigenvalue weighted by Crippen LogP contribution is -2.31. The monoisotopic (exact) mass is 366 g/mol. The van der Waals surface area contributed by atoms with Gasteiger partial charge in [-0.1, -0.05) is 11.6 Å². The van der Waals surface area contributed by atoms with Gasteiger partial charge in [0.25, 0.3) is 11.8 Å². The third-order valence-corrected chi connectivity index (χ3v) is 4.40. The van der Waals surface area contributed by atoms with E-state index in [2.05, 4.69) is 10.3 Å². The Morgan fingerprint density at radius 1 is 1.11 bits per heavy atom. The van der Waals surface area contributed by atoms with Gasteiger partial charge in [-0.2, -0.15) is 0 Å². The largest absolute Gasteiger partial charge is 0.363 e. The molecule has 2 aromatic rings. The molecule has 140 valence electrons. The third-order valence-electron chi connectivity index (χ3n) is 4.40. The van der Waals surface area contributed by atoms with Crippen molar-refractivity contribution in [3.8, 4) is 0 Å². The molecule has 3 amide bonds. The summed E-state index contributed by atoms with van der Waals surface area (Å²) < 4.78 is 0. The highest BCUT2D eigenvalue weighted by molar-refractivity contribution is 6.21. The van der Waals surface area contributed by atoms with Gasteiger partial charge in [0.1, 0.15) is 5.82 Å². The van der Waals surface area contributed by atoms with Crippen molar-refractivity contribution in [2.75, 3.05) is 30.9 Å². The minimum atomic E-state index is -0.293. The first kappa shape index (κ1) is 18.6. The number of fused-ring (bicyclic) bond motifs is 1. The summed E-state index contributed by atoms with van der Waals surface area (Å²) in [5.41, 5.74) is 2.42. The van der Waals surface area contributed by atoms with Gasteiger partial charge in [-0.25, -0.2) is 4.98 Å². The van der Waals surface area contributed by atoms with Gasteiger partial charge >= 0.3 is 0 Å². The number of nitrogens with zero attached hydrogens (tertiary/aromatic N) is 3. The average Bonchev–Trinajstić information content (AvgIpc) is 2.86. The fourth-order valence-corrected chi connectivity index (χ4v) is 2.95. The second kappa shape index (κ2) is 7.57. The van der Waals surface area contributed by atoms with Crippen LogP contribution >= 0.6 is 0 Å². The standard InChI is InChI=1S/C20H22N4O3/c1-13-6-8-15-16(11-13)20(27)24(19(15)26)10-4-5-18(25)22-14-7-9-17(21-12-14)23(2)3/h6-9,11-12H,4-5,10H2,1-3H3,(H,22,25). The van der Waals surface area contributed by atoms with Crippen molar-refractivity contribution in [1.82, 2.24) is 9.88 Å². The zero-order valence-electron chi connectivity index (χ0n) is 15.7. The van der Waals surface area contributed by atoms with Crippen LogP contribution in [0.25, 0.3) is 0 Å². The Morgan fingerprint density at radius 2 is 1.85 bits per heavy atom. The molecule has 0 aliphatic carbocycles. The first-order valence-electron chi connectivity index (χ1n) is 8.77. The number of pyridine rings is 1. The Morgan fingerprint density at radius 3 is 2.52 bits per heavy atom. The highest BCUT2D eigenvalue weighted by atomic mass is 16.2. The maximum Gasteiger partial charge on any atom is 0.261 e. The molecular formula is C20H22N4O3. The molecule has 27 heavy (non-hydrogen) atoms. The van der Waals surface area contributed by atoms with Crippen molar-refractivity contribution in [2.45, 2.75) is 19.8 Å². The quantitative estimate of drug-likeness (QED) is 0.794. The molecule has 1 N–H and O–H groups in total. The number of anilines is 2. The number of benzene rings is 1. The average molecular weight is 366 g/mol. The van der Waals surface area contributed by atoms with Crippen molar-refractivity contribution >= 4 is 29.2 Å². The molecule has 1 aromatic heterocycles. The zero-order chi connectivity index (χ0) is 19.6. The number of hydrogen-bond acceptors (Lipinski definition) is 5. The fraction of sp³-hybridized carbons (Fsp3) is 0.300. The first-order valence-corrected chi connectivity index (χ1v) is 8.77. The number of nitrogens with one attached hydrogen (secondary N) is 1. The second-order valence-corrected chi connectivity index (χ2v) is 6.76. The van der Waals surface area contributed by atoms with Crippen LogP contribution in [0.4, 0.5) is 11.5 Å². The fourth-order valence-electron chi connectivity index (χ4n) is 2.95. The van der Waals surface area contributed by atoms with Gasteiger partial charge < -0.3 is 10.2 Å². The molecular weight excluding hydrogens is 344 g/mol. The Bertz CT molecular complexity index is 891. The Balaban J connectivity index is 1.52. The highest BCUT2D eigenvalue weighted by Crippen LogP contribution is 2.24. The molecule has 7 heteroatoms. The summed E-state index contributed by atoms with van der Waals surface area (Å²) in [6, 6.07) is 8.83. The van der Waals surface area contributed by atoms with E-state index in [1.165, 1.54) is 4.90 Å². The number of carbonyl (C=O) groups excluding carboxylic acids is 3. The van der Waals surface area contributed by atoms with E-state index in [4.69, 9.17) is 0 Å². The van der Waals surface area contributed by atoms with E-state index >= 15 is 0 Å². The lowest BCUT2D eigenvalue weighted by atomic mass is 10.1. The third kappa shape index (κ3) is 3.97. The summed E-state index contributed by atoms with van der Waals surface area (Å²) in [5.74, 6) is 0.0391. The van der Waals surface area contributed by atoms with Gasteiger partial charge in [0, 0.05) is 27.1 Å². The summed E-state index contributed by atoms with van der Waals surface area (Å²) >= 11 is 0. The highest BCUT2D eigenvalue weighted by Gasteiger charge is 2.34. The molecule has 1 aliphatic heterocycles. The maximum absolute atomic E-state index is 12.4. The Labute approximate surface area is 158 Å². The summed E-state index contributed by atoms with van der Waals surface area (Å²) in [4.78, 5) is 44.2. The molecule has 0 bridgehead atoms. The molecule has 0 unspecified atom stereocenters. The van der Waals surface area contributed by atoms with Gasteiger partial charge in [0.05, 0.1) is 23.0 Å². The number of rotatable bonds is 6. The predicted octanol–water partition coefficient (Wildman–Crippen LogP) is 2.47. The number of imide groups is 1. The Kier molecular flexibility index (Phi) is 5.21. The summed E-state index contributed by atoms with van der Waals surface area (Å²) in [7, 11) is 3.78. The summed E-state index contributed by atoms with van der Waals surface area (Å²) in [6.07, 6.45) is 2.21. The van der Waals surface area contributed by atoms with Crippen LogP contribution in [0.5, 0.6) is 0 Å². The van der Waals surface area contributed by atoms with Crippen molar-refractivity contribution in [3.63, 3.8) is 0 Å². The normalized spacial score (nSPS) is 12.9. The molecule has 0 saturated heterocycles. The Hall–Kier alpha value is -3.22. The van der Waals surface area contributed by atoms with Crippen molar-refractivity contribution in [3.05, 3.63) is 53.2 Å². The van der Waals surface area contributed by atoms with Gasteiger partial charge in [0.2, 0.25) is 5.91 Å². The second-order valence-electron chi connectivity index (χ2n) is 6.76. The van der Waals surface area contributed by atoms with Crippen LogP contribution in [0.3, 0.4) is 0 Å². The van der Waals surface area contributed by atoms with Crippen LogP contribution in [0.1, 0.15) is 39.1 Å². The van der Waals surface area contributed by atoms with Gasteiger partial charge in [-0.15, -0.1) is 0 Å². The van der Waals surface area contributed by atoms with E-state index in [9.17, 15) is 14.4 Å². The number of hydrogen-bond donors (Lipinski definition) is 1. The number of aromatic nitrogens is 1. The van der Waals surface area contributed by atoms with E-state index in [-0.39, 0.29) is 30.7 Å². The van der Waals surface area contributed by atoms with Crippen LogP contribution in [-0.2, 0) is 4.79 Å². The minimum Gasteiger partial charge on any atom is -0.363 e. The van der Waals surface area contributed by atoms with Gasteiger partial charge in [-0.05, 0) is 37.6 Å². The molecule has 1 aromatic carbocycles. The van der Waals surface area contributed by atoms with Gasteiger partial charge in [0.15, 0.2) is 0 Å². The lowest BCUT2D eigenvalue weighted by Gasteiger charge is -2.14. The first-order chi connectivity index (χ1) is 12.9. The number of amides is 3. The van der Waals surface area contributed by atoms with Gasteiger partial charge in [-0.3, -0.25) is 19.3 Å². The molecule has 0 spiro atoms. The van der Waals surface area contributed by atoms with Crippen LogP contribution in [-0.4, -0.2) is 48.2 Å². The molecule has 0 saturated carbocycles. The molecule has 2 heterocycles. The van der Waals surface area contributed by atoms with Crippen LogP contribution in [0.15, 0.2) is 36.5 Å². The molecule has 0 fully saturated rings. The molecule has 7 nitrogen and oxygen atoms in total. The zero-order valence-corrected chi connectivity index (χ0v) is 15.7. The van der Waals surface area contributed by atoms with Crippen LogP contribution in [0.2, 0.25) is 0 Å². The van der Waals surface area contributed by atoms with E-state index < -0.39 is 0 Å². The van der Waals surface area contributed by atoms with E-state index in [0.717, 1.165) is 11.4 Å². The smallest absolute Gasteiger partial charge is 0.261 e. The topological polar surface area (TPSA) is 82.6 Å². The van der Waals surface area contributed by atoms with Crippen LogP contribution < -0.4 is 10.2 Å². The van der Waals surface area contributed by atoms with Crippen molar-refractivity contribution < 1.29 is 14.4 Å². The molecule has 3 rings (SSSR count). The van der Waals surface area contributed by atoms with Crippen LogP contribution in [0, 0.1) is 6.92 Å². The number of aryl methyl sites for hydroxylation is 1. The van der Waals surface area contributed by atoms with E-state index in [1.54, 1.807) is 24.4 Å². The van der Waals surface area contributed by atoms with E-state index in [0.29, 0.717) is 23.2 Å². The van der Waals surface area contributed by atoms with Crippen molar-refractivity contribution in [2.24, 2.45) is 0 Å².